The number of benzene rings is 1. The first-order chi connectivity index (χ1) is 14.8. The van der Waals surface area contributed by atoms with Crippen molar-refractivity contribution >= 4 is 27.9 Å². The number of imidazole rings is 1. The summed E-state index contributed by atoms with van der Waals surface area (Å²) in [7, 11) is 1.89. The van der Waals surface area contributed by atoms with Crippen LogP contribution in [0.5, 0.6) is 11.8 Å². The maximum absolute atomic E-state index is 5.99. The number of pyridine rings is 2. The molecule has 1 aliphatic carbocycles. The van der Waals surface area contributed by atoms with Crippen LogP contribution in [0.3, 0.4) is 0 Å². The number of nitrogens with zero attached hydrogens (tertiary/aromatic N) is 6. The second kappa shape index (κ2) is 6.38. The standard InChI is InChI=1S/C23H16N6O/c1-28-22-18(7-3-14-25-22)26-23(28)30-17-11-9-15(10-12-17)20-21-19(8-4-13-24-21)29(27-20)16-5-2-6-16/h2-14H,1H3. The van der Waals surface area contributed by atoms with E-state index in [1.807, 2.05) is 83.1 Å². The van der Waals surface area contributed by atoms with Crippen molar-refractivity contribution in [2.75, 3.05) is 0 Å². The fourth-order valence-corrected chi connectivity index (χ4v) is 3.55. The molecule has 0 radical (unpaired) electrons. The topological polar surface area (TPSA) is 70.7 Å². The Morgan fingerprint density at radius 1 is 0.933 bits per heavy atom. The Morgan fingerprint density at radius 3 is 2.50 bits per heavy atom. The molecule has 0 saturated carbocycles. The van der Waals surface area contributed by atoms with Crippen molar-refractivity contribution in [2.24, 2.45) is 7.05 Å². The van der Waals surface area contributed by atoms with E-state index < -0.39 is 0 Å². The third-order valence-electron chi connectivity index (χ3n) is 5.14. The van der Waals surface area contributed by atoms with Crippen molar-refractivity contribution in [3.8, 4) is 23.0 Å². The predicted octanol–water partition coefficient (Wildman–Crippen LogP) is 4.58. The zero-order valence-corrected chi connectivity index (χ0v) is 16.1. The quantitative estimate of drug-likeness (QED) is 0.448. The fraction of sp³-hybridized carbons (Fsp3) is 0.0435. The van der Waals surface area contributed by atoms with Gasteiger partial charge in [-0.1, -0.05) is 6.08 Å². The first-order valence-corrected chi connectivity index (χ1v) is 9.56. The van der Waals surface area contributed by atoms with Crippen molar-refractivity contribution in [1.82, 2.24) is 29.3 Å². The van der Waals surface area contributed by atoms with Crippen LogP contribution >= 0.6 is 0 Å². The normalized spacial score (nSPS) is 12.9. The van der Waals surface area contributed by atoms with Gasteiger partial charge in [0.25, 0.3) is 0 Å². The molecule has 4 aromatic heterocycles. The van der Waals surface area contributed by atoms with E-state index in [-0.39, 0.29) is 0 Å². The Kier molecular flexibility index (Phi) is 3.55. The Bertz CT molecular complexity index is 1470. The van der Waals surface area contributed by atoms with Gasteiger partial charge in [0, 0.05) is 25.0 Å². The molecule has 7 nitrogen and oxygen atoms in total. The Balaban J connectivity index is 1.35. The van der Waals surface area contributed by atoms with E-state index in [0.717, 1.165) is 39.2 Å². The second-order valence-electron chi connectivity index (χ2n) is 7.01. The number of ether oxygens (including phenoxy) is 1. The lowest BCUT2D eigenvalue weighted by molar-refractivity contribution is 0.427. The van der Waals surface area contributed by atoms with E-state index in [4.69, 9.17) is 9.84 Å². The number of allylic oxidation sites excluding steroid dienone is 4. The Morgan fingerprint density at radius 2 is 1.73 bits per heavy atom. The lowest BCUT2D eigenvalue weighted by Gasteiger charge is -2.08. The van der Waals surface area contributed by atoms with Crippen LogP contribution in [0.2, 0.25) is 0 Å². The smallest absolute Gasteiger partial charge is 0.303 e. The minimum Gasteiger partial charge on any atom is -0.425 e. The molecule has 0 aliphatic heterocycles. The lowest BCUT2D eigenvalue weighted by Crippen LogP contribution is -2.00. The lowest BCUT2D eigenvalue weighted by atomic mass is 10.1. The number of rotatable bonds is 4. The number of aromatic nitrogens is 6. The summed E-state index contributed by atoms with van der Waals surface area (Å²) in [5.74, 6) is 0.693. The van der Waals surface area contributed by atoms with Crippen LogP contribution in [-0.2, 0) is 7.05 Å². The molecule has 0 amide bonds. The van der Waals surface area contributed by atoms with Gasteiger partial charge >= 0.3 is 6.01 Å². The summed E-state index contributed by atoms with van der Waals surface area (Å²) >= 11 is 0. The van der Waals surface area contributed by atoms with Gasteiger partial charge in [0.05, 0.1) is 11.2 Å². The van der Waals surface area contributed by atoms with Crippen LogP contribution in [-0.4, -0.2) is 29.3 Å². The second-order valence-corrected chi connectivity index (χ2v) is 7.01. The summed E-state index contributed by atoms with van der Waals surface area (Å²) in [5.41, 5.74) is 6.30. The first-order valence-electron chi connectivity index (χ1n) is 9.56. The summed E-state index contributed by atoms with van der Waals surface area (Å²) < 4.78 is 9.76. The third kappa shape index (κ3) is 2.52. The predicted molar refractivity (Wildman–Crippen MR) is 115 cm³/mol. The highest BCUT2D eigenvalue weighted by Gasteiger charge is 2.16. The van der Waals surface area contributed by atoms with Crippen LogP contribution in [0.1, 0.15) is 0 Å². The molecule has 144 valence electrons. The molecule has 5 aromatic rings. The molecule has 30 heavy (non-hydrogen) atoms. The molecule has 0 fully saturated rings. The average molecular weight is 392 g/mol. The van der Waals surface area contributed by atoms with E-state index >= 15 is 0 Å². The van der Waals surface area contributed by atoms with Gasteiger partial charge in [-0.2, -0.15) is 10.1 Å². The van der Waals surface area contributed by atoms with Crippen LogP contribution < -0.4 is 4.74 Å². The summed E-state index contributed by atoms with van der Waals surface area (Å²) in [5, 5.41) is 4.81. The molecule has 1 aliphatic rings. The fourth-order valence-electron chi connectivity index (χ4n) is 3.55. The van der Waals surface area contributed by atoms with E-state index in [0.29, 0.717) is 11.8 Å². The molecular weight excluding hydrogens is 376 g/mol. The SMILES string of the molecule is Cn1c(Oc2ccc(-c3nn(C4=CC=C4)c4cccnc34)cc2)nc2cccnc21. The maximum atomic E-state index is 5.99. The minimum atomic E-state index is 0.497. The molecule has 4 heterocycles. The van der Waals surface area contributed by atoms with Crippen molar-refractivity contribution in [3.63, 3.8) is 0 Å². The van der Waals surface area contributed by atoms with Gasteiger partial charge in [-0.05, 0) is 60.7 Å². The van der Waals surface area contributed by atoms with Gasteiger partial charge in [-0.25, -0.2) is 9.67 Å². The average Bonchev–Trinajstić information content (AvgIpc) is 3.27. The molecule has 0 bridgehead atoms. The van der Waals surface area contributed by atoms with E-state index in [9.17, 15) is 0 Å². The molecule has 6 rings (SSSR count). The van der Waals surface area contributed by atoms with Crippen LogP contribution in [0.15, 0.2) is 79.2 Å². The van der Waals surface area contributed by atoms with Gasteiger partial charge < -0.3 is 4.74 Å². The molecule has 7 heteroatoms. The van der Waals surface area contributed by atoms with Crippen molar-refractivity contribution in [3.05, 3.63) is 79.2 Å². The summed E-state index contributed by atoms with van der Waals surface area (Å²) in [6.45, 7) is 0. The van der Waals surface area contributed by atoms with Gasteiger partial charge in [0.15, 0.2) is 5.65 Å². The highest BCUT2D eigenvalue weighted by Crippen LogP contribution is 2.31. The third-order valence-corrected chi connectivity index (χ3v) is 5.14. The van der Waals surface area contributed by atoms with Crippen molar-refractivity contribution in [2.45, 2.75) is 0 Å². The number of fused-ring (bicyclic) bond motifs is 2. The zero-order valence-electron chi connectivity index (χ0n) is 16.1. The van der Waals surface area contributed by atoms with E-state index in [1.54, 1.807) is 12.4 Å². The van der Waals surface area contributed by atoms with Gasteiger partial charge in [-0.3, -0.25) is 9.55 Å². The van der Waals surface area contributed by atoms with Gasteiger partial charge in [0.1, 0.15) is 22.5 Å². The van der Waals surface area contributed by atoms with Crippen molar-refractivity contribution < 1.29 is 4.74 Å². The molecule has 0 atom stereocenters. The minimum absolute atomic E-state index is 0.497. The maximum Gasteiger partial charge on any atom is 0.303 e. The molecule has 0 unspecified atom stereocenters. The summed E-state index contributed by atoms with van der Waals surface area (Å²) in [6.07, 6.45) is 9.61. The van der Waals surface area contributed by atoms with E-state index in [1.165, 1.54) is 0 Å². The van der Waals surface area contributed by atoms with Gasteiger partial charge in [-0.15, -0.1) is 0 Å². The highest BCUT2D eigenvalue weighted by atomic mass is 16.5. The molecule has 0 spiro atoms. The molecular formula is C23H16N6O. The Hall–Kier alpha value is -4.26. The number of aryl methyl sites for hydroxylation is 1. The number of hydrogen-bond acceptors (Lipinski definition) is 5. The van der Waals surface area contributed by atoms with Crippen molar-refractivity contribution in [1.29, 1.82) is 0 Å². The van der Waals surface area contributed by atoms with Crippen LogP contribution in [0.4, 0.5) is 0 Å². The van der Waals surface area contributed by atoms with E-state index in [2.05, 4.69) is 15.0 Å². The van der Waals surface area contributed by atoms with Crippen LogP contribution in [0, 0.1) is 0 Å². The zero-order chi connectivity index (χ0) is 20.1. The van der Waals surface area contributed by atoms with Crippen LogP contribution in [0.25, 0.3) is 39.2 Å². The molecule has 0 saturated heterocycles. The summed E-state index contributed by atoms with van der Waals surface area (Å²) in [4.78, 5) is 13.4. The molecule has 0 N–H and O–H groups in total. The number of hydrogen-bond donors (Lipinski definition) is 0. The highest BCUT2D eigenvalue weighted by molar-refractivity contribution is 5.93. The summed E-state index contributed by atoms with van der Waals surface area (Å²) in [6, 6.07) is 16.0. The molecule has 1 aromatic carbocycles. The largest absolute Gasteiger partial charge is 0.425 e. The Labute approximate surface area is 171 Å². The first kappa shape index (κ1) is 16.7. The monoisotopic (exact) mass is 392 g/mol. The van der Waals surface area contributed by atoms with Gasteiger partial charge in [0.2, 0.25) is 0 Å².